The van der Waals surface area contributed by atoms with Gasteiger partial charge in [-0.25, -0.2) is 4.68 Å². The van der Waals surface area contributed by atoms with Crippen LogP contribution in [0, 0.1) is 6.92 Å². The maximum atomic E-state index is 12.2. The second kappa shape index (κ2) is 6.77. The highest BCUT2D eigenvalue weighted by Gasteiger charge is 2.14. The van der Waals surface area contributed by atoms with Crippen LogP contribution in [0.15, 0.2) is 35.1 Å². The van der Waals surface area contributed by atoms with E-state index in [1.165, 1.54) is 11.1 Å². The predicted molar refractivity (Wildman–Crippen MR) is 89.6 cm³/mol. The monoisotopic (exact) mass is 311 g/mol. The molecule has 0 saturated carbocycles. The minimum Gasteiger partial charge on any atom is -0.324 e. The summed E-state index contributed by atoms with van der Waals surface area (Å²) in [6, 6.07) is 9.22. The molecule has 1 aromatic heterocycles. The molecule has 1 aliphatic carbocycles. The van der Waals surface area contributed by atoms with E-state index in [0.717, 1.165) is 48.2 Å². The normalized spacial score (nSPS) is 14.0. The molecule has 120 valence electrons. The number of carbonyl (C=O) groups excluding carboxylic acids is 1. The molecule has 3 rings (SSSR count). The number of aryl methyl sites for hydroxylation is 3. The summed E-state index contributed by atoms with van der Waals surface area (Å²) in [5, 5.41) is 7.26. The number of fused-ring (bicyclic) bond motifs is 1. The lowest BCUT2D eigenvalue weighted by Crippen LogP contribution is -2.30. The Kier molecular flexibility index (Phi) is 4.55. The molecule has 0 bridgehead atoms. The summed E-state index contributed by atoms with van der Waals surface area (Å²) >= 11 is 0. The third-order valence-corrected chi connectivity index (χ3v) is 4.24. The fourth-order valence-electron chi connectivity index (χ4n) is 2.93. The van der Waals surface area contributed by atoms with Crippen molar-refractivity contribution in [2.45, 2.75) is 45.6 Å². The highest BCUT2D eigenvalue weighted by Crippen LogP contribution is 2.17. The molecule has 1 aliphatic rings. The van der Waals surface area contributed by atoms with Crippen LogP contribution >= 0.6 is 0 Å². The molecule has 1 heterocycles. The first-order chi connectivity index (χ1) is 11.1. The molecule has 5 heteroatoms. The summed E-state index contributed by atoms with van der Waals surface area (Å²) in [7, 11) is 0. The molecule has 0 atom stereocenters. The van der Waals surface area contributed by atoms with Gasteiger partial charge in [0.25, 0.3) is 5.56 Å². The maximum Gasteiger partial charge on any atom is 0.267 e. The van der Waals surface area contributed by atoms with Gasteiger partial charge in [-0.3, -0.25) is 9.59 Å². The lowest BCUT2D eigenvalue weighted by Gasteiger charge is -2.11. The number of nitrogens with one attached hydrogen (secondary N) is 1. The first-order valence-electron chi connectivity index (χ1n) is 8.09. The van der Waals surface area contributed by atoms with Gasteiger partial charge in [-0.1, -0.05) is 24.6 Å². The topological polar surface area (TPSA) is 64.0 Å². The largest absolute Gasteiger partial charge is 0.324 e. The lowest BCUT2D eigenvalue weighted by atomic mass is 10.1. The van der Waals surface area contributed by atoms with E-state index >= 15 is 0 Å². The van der Waals surface area contributed by atoms with Crippen LogP contribution in [0.25, 0.3) is 0 Å². The first kappa shape index (κ1) is 15.5. The molecule has 0 aliphatic heterocycles. The number of aromatic nitrogens is 2. The molecule has 5 nitrogen and oxygen atoms in total. The SMILES string of the molecule is Cc1ccccc1NC(=O)Cn1nc2c(cc1=O)CCCCC2. The van der Waals surface area contributed by atoms with Gasteiger partial charge in [0, 0.05) is 11.8 Å². The summed E-state index contributed by atoms with van der Waals surface area (Å²) < 4.78 is 1.28. The van der Waals surface area contributed by atoms with Gasteiger partial charge >= 0.3 is 0 Å². The number of carbonyl (C=O) groups is 1. The van der Waals surface area contributed by atoms with Gasteiger partial charge in [-0.2, -0.15) is 5.10 Å². The van der Waals surface area contributed by atoms with E-state index in [1.54, 1.807) is 6.07 Å². The van der Waals surface area contributed by atoms with Crippen molar-refractivity contribution in [3.8, 4) is 0 Å². The van der Waals surface area contributed by atoms with E-state index in [1.807, 2.05) is 31.2 Å². The minimum absolute atomic E-state index is 0.0551. The number of rotatable bonds is 3. The Morgan fingerprint density at radius 2 is 2.00 bits per heavy atom. The van der Waals surface area contributed by atoms with Crippen LogP contribution < -0.4 is 10.9 Å². The highest BCUT2D eigenvalue weighted by molar-refractivity contribution is 5.91. The van der Waals surface area contributed by atoms with E-state index in [0.29, 0.717) is 0 Å². The van der Waals surface area contributed by atoms with Crippen molar-refractivity contribution in [2.24, 2.45) is 0 Å². The van der Waals surface area contributed by atoms with Crippen LogP contribution in [0.2, 0.25) is 0 Å². The van der Waals surface area contributed by atoms with Gasteiger partial charge in [0.15, 0.2) is 0 Å². The van der Waals surface area contributed by atoms with Crippen molar-refractivity contribution >= 4 is 11.6 Å². The van der Waals surface area contributed by atoms with Crippen molar-refractivity contribution in [3.63, 3.8) is 0 Å². The average Bonchev–Trinajstić information content (AvgIpc) is 2.75. The van der Waals surface area contributed by atoms with Gasteiger partial charge in [0.1, 0.15) is 6.54 Å². The van der Waals surface area contributed by atoms with Crippen LogP contribution in [0.3, 0.4) is 0 Å². The summed E-state index contributed by atoms with van der Waals surface area (Å²) in [5.41, 5.74) is 3.56. The summed E-state index contributed by atoms with van der Waals surface area (Å²) in [6.07, 6.45) is 5.15. The fourth-order valence-corrected chi connectivity index (χ4v) is 2.93. The quantitative estimate of drug-likeness (QED) is 0.886. The molecular formula is C18H21N3O2. The molecule has 1 aromatic carbocycles. The zero-order valence-corrected chi connectivity index (χ0v) is 13.3. The Labute approximate surface area is 135 Å². The second-order valence-corrected chi connectivity index (χ2v) is 6.04. The van der Waals surface area contributed by atoms with Crippen molar-refractivity contribution in [1.29, 1.82) is 0 Å². The number of nitrogens with zero attached hydrogens (tertiary/aromatic N) is 2. The van der Waals surface area contributed by atoms with E-state index in [-0.39, 0.29) is 18.0 Å². The van der Waals surface area contributed by atoms with E-state index < -0.39 is 0 Å². The second-order valence-electron chi connectivity index (χ2n) is 6.04. The number of hydrogen-bond acceptors (Lipinski definition) is 3. The van der Waals surface area contributed by atoms with Gasteiger partial charge in [-0.05, 0) is 49.8 Å². The minimum atomic E-state index is -0.234. The van der Waals surface area contributed by atoms with Crippen LogP contribution in [-0.2, 0) is 24.2 Å². The number of hydrogen-bond donors (Lipinski definition) is 1. The Hall–Kier alpha value is -2.43. The van der Waals surface area contributed by atoms with Gasteiger partial charge in [0.2, 0.25) is 5.91 Å². The summed E-state index contributed by atoms with van der Waals surface area (Å²) in [5.74, 6) is -0.234. The summed E-state index contributed by atoms with van der Waals surface area (Å²) in [6.45, 7) is 1.88. The van der Waals surface area contributed by atoms with Crippen molar-refractivity contribution in [1.82, 2.24) is 9.78 Å². The molecule has 0 spiro atoms. The van der Waals surface area contributed by atoms with E-state index in [9.17, 15) is 9.59 Å². The van der Waals surface area contributed by atoms with Crippen LogP contribution in [0.4, 0.5) is 5.69 Å². The third kappa shape index (κ3) is 3.67. The third-order valence-electron chi connectivity index (χ3n) is 4.24. The zero-order chi connectivity index (χ0) is 16.2. The Morgan fingerprint density at radius 3 is 2.83 bits per heavy atom. The molecule has 23 heavy (non-hydrogen) atoms. The van der Waals surface area contributed by atoms with Crippen molar-refractivity contribution < 1.29 is 4.79 Å². The van der Waals surface area contributed by atoms with Crippen LogP contribution in [0.1, 0.15) is 36.1 Å². The number of amides is 1. The Bertz CT molecular complexity index is 780. The number of benzene rings is 1. The first-order valence-corrected chi connectivity index (χ1v) is 8.09. The van der Waals surface area contributed by atoms with Crippen molar-refractivity contribution in [3.05, 3.63) is 57.5 Å². The summed E-state index contributed by atoms with van der Waals surface area (Å²) in [4.78, 5) is 24.4. The van der Waals surface area contributed by atoms with Crippen LogP contribution in [0.5, 0.6) is 0 Å². The maximum absolute atomic E-state index is 12.2. The zero-order valence-electron chi connectivity index (χ0n) is 13.3. The average molecular weight is 311 g/mol. The highest BCUT2D eigenvalue weighted by atomic mass is 16.2. The van der Waals surface area contributed by atoms with E-state index in [2.05, 4.69) is 10.4 Å². The van der Waals surface area contributed by atoms with Crippen LogP contribution in [-0.4, -0.2) is 15.7 Å². The molecule has 1 amide bonds. The lowest BCUT2D eigenvalue weighted by molar-refractivity contribution is -0.117. The molecular weight excluding hydrogens is 290 g/mol. The smallest absolute Gasteiger partial charge is 0.267 e. The molecule has 0 radical (unpaired) electrons. The standard InChI is InChI=1S/C18H21N3O2/c1-13-7-5-6-9-15(13)19-17(22)12-21-18(23)11-14-8-3-2-4-10-16(14)20-21/h5-7,9,11H,2-4,8,10,12H2,1H3,(H,19,22). The number of para-hydroxylation sites is 1. The van der Waals surface area contributed by atoms with Gasteiger partial charge in [-0.15, -0.1) is 0 Å². The molecule has 2 aromatic rings. The molecule has 0 unspecified atom stereocenters. The Morgan fingerprint density at radius 1 is 1.22 bits per heavy atom. The van der Waals surface area contributed by atoms with E-state index in [4.69, 9.17) is 0 Å². The molecule has 0 saturated heterocycles. The number of anilines is 1. The van der Waals surface area contributed by atoms with Gasteiger partial charge in [0.05, 0.1) is 5.69 Å². The molecule has 1 N–H and O–H groups in total. The Balaban J connectivity index is 1.77. The van der Waals surface area contributed by atoms with Gasteiger partial charge < -0.3 is 5.32 Å². The van der Waals surface area contributed by atoms with Crippen molar-refractivity contribution in [2.75, 3.05) is 5.32 Å². The predicted octanol–water partition coefficient (Wildman–Crippen LogP) is 2.46. The molecule has 0 fully saturated rings. The fraction of sp³-hybridized carbons (Fsp3) is 0.389.